The molecule has 0 saturated heterocycles. The Kier molecular flexibility index (Phi) is 5.06. The molecule has 1 aliphatic carbocycles. The van der Waals surface area contributed by atoms with Gasteiger partial charge in [0, 0.05) is 36.2 Å². The maximum atomic E-state index is 12.8. The minimum absolute atomic E-state index is 0.0180. The fourth-order valence-electron chi connectivity index (χ4n) is 2.42. The molecule has 0 unspecified atom stereocenters. The third-order valence-corrected chi connectivity index (χ3v) is 6.57. The first-order valence-corrected chi connectivity index (χ1v) is 9.98. The normalized spacial score (nSPS) is 14.8. The van der Waals surface area contributed by atoms with Crippen LogP contribution >= 0.6 is 23.5 Å². The van der Waals surface area contributed by atoms with Crippen molar-refractivity contribution in [3.63, 3.8) is 0 Å². The summed E-state index contributed by atoms with van der Waals surface area (Å²) in [5.41, 5.74) is 1.21. The van der Waals surface area contributed by atoms with E-state index in [-0.39, 0.29) is 17.6 Å². The van der Waals surface area contributed by atoms with Crippen LogP contribution in [-0.4, -0.2) is 25.2 Å². The van der Waals surface area contributed by atoms with Gasteiger partial charge in [0.25, 0.3) is 0 Å². The van der Waals surface area contributed by atoms with Crippen molar-refractivity contribution in [2.24, 2.45) is 0 Å². The fraction of sp³-hybridized carbons (Fsp3) is 0.375. The summed E-state index contributed by atoms with van der Waals surface area (Å²) in [6, 6.07) is 6.88. The molecule has 0 spiro atoms. The van der Waals surface area contributed by atoms with Gasteiger partial charge in [-0.1, -0.05) is 33.2 Å². The van der Waals surface area contributed by atoms with Crippen molar-refractivity contribution in [3.05, 3.63) is 51.3 Å². The molecule has 1 aliphatic rings. The quantitative estimate of drug-likeness (QED) is 0.489. The molecule has 3 rings (SSSR count). The third-order valence-electron chi connectivity index (χ3n) is 4.01. The van der Waals surface area contributed by atoms with Gasteiger partial charge in [0.1, 0.15) is 5.76 Å². The molecular formula is C16H17BrNO5P. The highest BCUT2D eigenvalue weighted by Crippen LogP contribution is 2.51. The zero-order chi connectivity index (χ0) is 17.3. The summed E-state index contributed by atoms with van der Waals surface area (Å²) in [7, 11) is -0.672. The molecule has 8 heteroatoms. The lowest BCUT2D eigenvalue weighted by Crippen LogP contribution is -2.07. The van der Waals surface area contributed by atoms with Crippen molar-refractivity contribution in [2.45, 2.75) is 24.9 Å². The van der Waals surface area contributed by atoms with E-state index in [1.54, 1.807) is 24.3 Å². The second-order valence-electron chi connectivity index (χ2n) is 5.62. The lowest BCUT2D eigenvalue weighted by atomic mass is 10.0. The van der Waals surface area contributed by atoms with E-state index in [9.17, 15) is 9.36 Å². The number of hydrogen-bond acceptors (Lipinski definition) is 6. The smallest absolute Gasteiger partial charge is 0.334 e. The maximum Gasteiger partial charge on any atom is 0.334 e. The van der Waals surface area contributed by atoms with Gasteiger partial charge in [0.2, 0.25) is 5.78 Å². The van der Waals surface area contributed by atoms with Crippen LogP contribution in [0, 0.1) is 0 Å². The number of hydrogen-bond donors (Lipinski definition) is 0. The van der Waals surface area contributed by atoms with E-state index < -0.39 is 7.60 Å². The minimum Gasteiger partial charge on any atom is -0.360 e. The first-order chi connectivity index (χ1) is 11.5. The van der Waals surface area contributed by atoms with Crippen molar-refractivity contribution in [1.82, 2.24) is 5.16 Å². The maximum absolute atomic E-state index is 12.8. The van der Waals surface area contributed by atoms with E-state index in [2.05, 4.69) is 21.1 Å². The summed E-state index contributed by atoms with van der Waals surface area (Å²) in [5.74, 6) is 0.846. The number of rotatable bonds is 7. The molecule has 6 nitrogen and oxygen atoms in total. The lowest BCUT2D eigenvalue weighted by Gasteiger charge is -2.16. The number of halogens is 1. The van der Waals surface area contributed by atoms with Crippen LogP contribution in [0.5, 0.6) is 0 Å². The van der Waals surface area contributed by atoms with Crippen LogP contribution in [0.25, 0.3) is 0 Å². The molecule has 2 aromatic rings. The predicted octanol–water partition coefficient (Wildman–Crippen LogP) is 4.53. The highest BCUT2D eigenvalue weighted by molar-refractivity contribution is 9.10. The largest absolute Gasteiger partial charge is 0.360 e. The predicted molar refractivity (Wildman–Crippen MR) is 91.4 cm³/mol. The zero-order valence-electron chi connectivity index (χ0n) is 13.3. The zero-order valence-corrected chi connectivity index (χ0v) is 15.8. The molecule has 1 fully saturated rings. The van der Waals surface area contributed by atoms with E-state index in [4.69, 9.17) is 13.6 Å². The fourth-order valence-corrected chi connectivity index (χ4v) is 4.28. The summed E-state index contributed by atoms with van der Waals surface area (Å²) in [6.45, 7) is 0. The molecule has 0 aliphatic heterocycles. The monoisotopic (exact) mass is 413 g/mol. The highest BCUT2D eigenvalue weighted by Gasteiger charge is 2.31. The molecule has 1 aromatic carbocycles. The van der Waals surface area contributed by atoms with Crippen LogP contribution in [0.3, 0.4) is 0 Å². The first-order valence-electron chi connectivity index (χ1n) is 7.46. The second kappa shape index (κ2) is 6.92. The van der Waals surface area contributed by atoms with Gasteiger partial charge < -0.3 is 13.6 Å². The summed E-state index contributed by atoms with van der Waals surface area (Å²) < 4.78 is 28.4. The molecule has 0 N–H and O–H groups in total. The van der Waals surface area contributed by atoms with Crippen LogP contribution in [0.15, 0.2) is 33.3 Å². The van der Waals surface area contributed by atoms with Crippen molar-refractivity contribution < 1.29 is 22.9 Å². The van der Waals surface area contributed by atoms with Gasteiger partial charge in [-0.25, -0.2) is 0 Å². The molecule has 1 aromatic heterocycles. The van der Waals surface area contributed by atoms with Crippen molar-refractivity contribution in [3.8, 4) is 0 Å². The molecule has 0 radical (unpaired) electrons. The van der Waals surface area contributed by atoms with Crippen molar-refractivity contribution >= 4 is 29.3 Å². The standard InChI is InChI=1S/C16H17BrNO5P/c1-21-24(20,22-2)9-12-11(4-3-5-13(12)17)16(19)14-8-15(23-18-14)10-6-7-10/h3-5,8,10H,6-7,9H2,1-2H3. The van der Waals surface area contributed by atoms with Crippen LogP contribution in [-0.2, 0) is 19.8 Å². The van der Waals surface area contributed by atoms with E-state index in [0.717, 1.165) is 18.6 Å². The first kappa shape index (κ1) is 17.5. The number of nitrogens with zero attached hydrogens (tertiary/aromatic N) is 1. The third kappa shape index (κ3) is 3.54. The molecule has 0 atom stereocenters. The highest BCUT2D eigenvalue weighted by atomic mass is 79.9. The van der Waals surface area contributed by atoms with Crippen LogP contribution in [0.2, 0.25) is 0 Å². The Morgan fingerprint density at radius 2 is 2.08 bits per heavy atom. The van der Waals surface area contributed by atoms with Crippen molar-refractivity contribution in [2.75, 3.05) is 14.2 Å². The van der Waals surface area contributed by atoms with Gasteiger partial charge in [-0.15, -0.1) is 0 Å². The van der Waals surface area contributed by atoms with Gasteiger partial charge in [-0.2, -0.15) is 0 Å². The molecule has 128 valence electrons. The second-order valence-corrected chi connectivity index (χ2v) is 8.74. The molecule has 24 heavy (non-hydrogen) atoms. The van der Waals surface area contributed by atoms with Crippen LogP contribution in [0.4, 0.5) is 0 Å². The number of aromatic nitrogens is 1. The number of carbonyl (C=O) groups is 1. The van der Waals surface area contributed by atoms with Gasteiger partial charge in [0.05, 0.1) is 6.16 Å². The van der Waals surface area contributed by atoms with E-state index in [0.29, 0.717) is 21.5 Å². The molecule has 0 amide bonds. The Bertz CT molecular complexity index is 807. The lowest BCUT2D eigenvalue weighted by molar-refractivity contribution is 0.102. The Morgan fingerprint density at radius 1 is 1.38 bits per heavy atom. The van der Waals surface area contributed by atoms with Crippen LogP contribution in [0.1, 0.15) is 46.1 Å². The van der Waals surface area contributed by atoms with E-state index in [1.807, 2.05) is 0 Å². The Labute approximate surface area is 148 Å². The summed E-state index contributed by atoms with van der Waals surface area (Å²) in [6.07, 6.45) is 2.11. The molecule has 1 heterocycles. The van der Waals surface area contributed by atoms with Crippen LogP contribution < -0.4 is 0 Å². The van der Waals surface area contributed by atoms with Crippen molar-refractivity contribution in [1.29, 1.82) is 0 Å². The SMILES string of the molecule is COP(=O)(Cc1c(Br)cccc1C(=O)c1cc(C2CC2)on1)OC. The van der Waals surface area contributed by atoms with Gasteiger partial charge in [-0.05, 0) is 24.5 Å². The van der Waals surface area contributed by atoms with E-state index >= 15 is 0 Å². The summed E-state index contributed by atoms with van der Waals surface area (Å²) >= 11 is 3.41. The Hall–Kier alpha value is -1.27. The average Bonchev–Trinajstić information content (AvgIpc) is 3.33. The van der Waals surface area contributed by atoms with Gasteiger partial charge in [0.15, 0.2) is 5.69 Å². The number of carbonyl (C=O) groups excluding carboxylic acids is 1. The molecule has 1 saturated carbocycles. The number of benzene rings is 1. The molecule has 0 bridgehead atoms. The Balaban J connectivity index is 1.96. The number of ketones is 1. The average molecular weight is 414 g/mol. The summed E-state index contributed by atoms with van der Waals surface area (Å²) in [4.78, 5) is 12.8. The van der Waals surface area contributed by atoms with E-state index in [1.165, 1.54) is 14.2 Å². The molecular weight excluding hydrogens is 397 g/mol. The van der Waals surface area contributed by atoms with Gasteiger partial charge in [-0.3, -0.25) is 9.36 Å². The summed E-state index contributed by atoms with van der Waals surface area (Å²) in [5, 5.41) is 3.89. The van der Waals surface area contributed by atoms with Gasteiger partial charge >= 0.3 is 7.60 Å². The topological polar surface area (TPSA) is 78.6 Å². The minimum atomic E-state index is -3.31. The Morgan fingerprint density at radius 3 is 2.71 bits per heavy atom.